The van der Waals surface area contributed by atoms with E-state index in [1.807, 2.05) is 6.20 Å². The van der Waals surface area contributed by atoms with E-state index in [0.717, 1.165) is 42.8 Å². The Morgan fingerprint density at radius 3 is 3.15 bits per heavy atom. The van der Waals surface area contributed by atoms with E-state index in [1.54, 1.807) is 19.1 Å². The first kappa shape index (κ1) is 17.7. The highest BCUT2D eigenvalue weighted by Crippen LogP contribution is 2.20. The summed E-state index contributed by atoms with van der Waals surface area (Å²) in [4.78, 5) is 38.4. The minimum Gasteiger partial charge on any atom is -0.376 e. The van der Waals surface area contributed by atoms with E-state index in [4.69, 9.17) is 9.72 Å². The van der Waals surface area contributed by atoms with Crippen LogP contribution in [0, 0.1) is 6.92 Å². The number of aryl methyl sites for hydroxylation is 1. The van der Waals surface area contributed by atoms with E-state index in [9.17, 15) is 9.59 Å². The number of nitrogens with zero attached hydrogens (tertiary/aromatic N) is 3. The Balaban J connectivity index is 1.45. The van der Waals surface area contributed by atoms with Gasteiger partial charge in [0.05, 0.1) is 18.9 Å². The Morgan fingerprint density at radius 2 is 2.30 bits per heavy atom. The lowest BCUT2D eigenvalue weighted by Crippen LogP contribution is -2.49. The molecule has 2 aliphatic rings. The second-order valence-electron chi connectivity index (χ2n) is 7.09. The van der Waals surface area contributed by atoms with E-state index >= 15 is 0 Å². The molecule has 1 unspecified atom stereocenters. The van der Waals surface area contributed by atoms with Gasteiger partial charge in [-0.25, -0.2) is 9.97 Å². The van der Waals surface area contributed by atoms with Crippen molar-refractivity contribution in [3.05, 3.63) is 51.2 Å². The molecule has 2 aliphatic heterocycles. The van der Waals surface area contributed by atoms with E-state index in [1.165, 1.54) is 0 Å². The summed E-state index contributed by atoms with van der Waals surface area (Å²) in [5.74, 6) is 0.356. The number of hydrogen-bond donors (Lipinski definition) is 2. The lowest BCUT2D eigenvalue weighted by Gasteiger charge is -2.33. The fourth-order valence-corrected chi connectivity index (χ4v) is 3.56. The van der Waals surface area contributed by atoms with E-state index in [2.05, 4.69) is 20.2 Å². The number of carbonyl (C=O) groups is 1. The van der Waals surface area contributed by atoms with Crippen LogP contribution in [0.2, 0.25) is 0 Å². The number of rotatable bonds is 3. The molecule has 2 aromatic heterocycles. The highest BCUT2D eigenvalue weighted by Gasteiger charge is 2.25. The van der Waals surface area contributed by atoms with E-state index in [0.29, 0.717) is 25.7 Å². The van der Waals surface area contributed by atoms with Crippen LogP contribution in [0.1, 0.15) is 40.2 Å². The SMILES string of the molecule is Cc1ccc(C(=O)NC2CCCN(c3ncc4c(n3)CCOC4)C2)c(=O)[nH]1. The molecule has 2 aromatic rings. The predicted octanol–water partition coefficient (Wildman–Crippen LogP) is 0.945. The molecule has 0 radical (unpaired) electrons. The van der Waals surface area contributed by atoms with Gasteiger partial charge in [-0.15, -0.1) is 0 Å². The molecule has 1 saturated heterocycles. The van der Waals surface area contributed by atoms with Crippen molar-refractivity contribution in [1.29, 1.82) is 0 Å². The number of carbonyl (C=O) groups excluding carboxylic acids is 1. The lowest BCUT2D eigenvalue weighted by molar-refractivity contribution is 0.0931. The third-order valence-corrected chi connectivity index (χ3v) is 5.02. The van der Waals surface area contributed by atoms with Crippen LogP contribution >= 0.6 is 0 Å². The second-order valence-corrected chi connectivity index (χ2v) is 7.09. The summed E-state index contributed by atoms with van der Waals surface area (Å²) in [6.45, 7) is 4.52. The highest BCUT2D eigenvalue weighted by atomic mass is 16.5. The normalized spacial score (nSPS) is 19.4. The summed E-state index contributed by atoms with van der Waals surface area (Å²) in [5, 5.41) is 2.98. The van der Waals surface area contributed by atoms with Gasteiger partial charge in [0.25, 0.3) is 11.5 Å². The molecular weight excluding hydrogens is 346 g/mol. The number of H-pyrrole nitrogens is 1. The number of piperidine rings is 1. The van der Waals surface area contributed by atoms with E-state index in [-0.39, 0.29) is 23.1 Å². The number of fused-ring (bicyclic) bond motifs is 1. The van der Waals surface area contributed by atoms with E-state index < -0.39 is 0 Å². The quantitative estimate of drug-likeness (QED) is 0.835. The number of aromatic nitrogens is 3. The summed E-state index contributed by atoms with van der Waals surface area (Å²) in [5.41, 5.74) is 2.60. The third kappa shape index (κ3) is 3.85. The maximum Gasteiger partial charge on any atom is 0.260 e. The van der Waals surface area contributed by atoms with Crippen molar-refractivity contribution in [2.75, 3.05) is 24.6 Å². The topological polar surface area (TPSA) is 100 Å². The Kier molecular flexibility index (Phi) is 4.89. The van der Waals surface area contributed by atoms with Crippen molar-refractivity contribution in [2.45, 2.75) is 38.8 Å². The average Bonchev–Trinajstić information content (AvgIpc) is 2.67. The highest BCUT2D eigenvalue weighted by molar-refractivity contribution is 5.94. The van der Waals surface area contributed by atoms with Gasteiger partial charge in [0.15, 0.2) is 0 Å². The molecular formula is C19H23N5O3. The lowest BCUT2D eigenvalue weighted by atomic mass is 10.1. The molecule has 8 nitrogen and oxygen atoms in total. The first-order chi connectivity index (χ1) is 13.1. The van der Waals surface area contributed by atoms with Gasteiger partial charge < -0.3 is 19.9 Å². The van der Waals surface area contributed by atoms with Crippen molar-refractivity contribution in [3.63, 3.8) is 0 Å². The summed E-state index contributed by atoms with van der Waals surface area (Å²) < 4.78 is 5.43. The zero-order chi connectivity index (χ0) is 18.8. The molecule has 0 saturated carbocycles. The summed E-state index contributed by atoms with van der Waals surface area (Å²) in [6, 6.07) is 3.25. The molecule has 4 heterocycles. The predicted molar refractivity (Wildman–Crippen MR) is 99.9 cm³/mol. The average molecular weight is 369 g/mol. The van der Waals surface area contributed by atoms with Gasteiger partial charge in [-0.2, -0.15) is 0 Å². The number of amides is 1. The molecule has 27 heavy (non-hydrogen) atoms. The fraction of sp³-hybridized carbons (Fsp3) is 0.474. The minimum atomic E-state index is -0.361. The first-order valence-corrected chi connectivity index (χ1v) is 9.28. The first-order valence-electron chi connectivity index (χ1n) is 9.28. The summed E-state index contributed by atoms with van der Waals surface area (Å²) in [7, 11) is 0. The monoisotopic (exact) mass is 369 g/mol. The standard InChI is InChI=1S/C19H23N5O3/c1-12-4-5-15(17(25)21-12)18(26)22-14-3-2-7-24(10-14)19-20-9-13-11-27-8-6-16(13)23-19/h4-5,9,14H,2-3,6-8,10-11H2,1H3,(H,21,25)(H,22,26). The molecule has 0 bridgehead atoms. The van der Waals surface area contributed by atoms with Crippen molar-refractivity contribution < 1.29 is 9.53 Å². The number of nitrogens with one attached hydrogen (secondary N) is 2. The molecule has 1 fully saturated rings. The van der Waals surface area contributed by atoms with Crippen LogP contribution in [0.25, 0.3) is 0 Å². The van der Waals surface area contributed by atoms with Gasteiger partial charge in [-0.3, -0.25) is 9.59 Å². The third-order valence-electron chi connectivity index (χ3n) is 5.02. The number of ether oxygens (including phenoxy) is 1. The van der Waals surface area contributed by atoms with Crippen molar-refractivity contribution in [2.24, 2.45) is 0 Å². The molecule has 4 rings (SSSR count). The number of pyridine rings is 1. The second kappa shape index (κ2) is 7.48. The molecule has 1 atom stereocenters. The van der Waals surface area contributed by atoms with Gasteiger partial charge in [-0.05, 0) is 31.9 Å². The van der Waals surface area contributed by atoms with Crippen LogP contribution in [0.5, 0.6) is 0 Å². The minimum absolute atomic E-state index is 0.0464. The maximum absolute atomic E-state index is 12.5. The largest absolute Gasteiger partial charge is 0.376 e. The zero-order valence-corrected chi connectivity index (χ0v) is 15.3. The van der Waals surface area contributed by atoms with Crippen LogP contribution in [0.4, 0.5) is 5.95 Å². The van der Waals surface area contributed by atoms with Crippen LogP contribution in [-0.2, 0) is 17.8 Å². The van der Waals surface area contributed by atoms with Crippen molar-refractivity contribution in [3.8, 4) is 0 Å². The number of anilines is 1. The van der Waals surface area contributed by atoms with Gasteiger partial charge in [0, 0.05) is 43.0 Å². The van der Waals surface area contributed by atoms with Crippen molar-refractivity contribution >= 4 is 11.9 Å². The Hall–Kier alpha value is -2.74. The Labute approximate surface area is 157 Å². The van der Waals surface area contributed by atoms with Crippen LogP contribution < -0.4 is 15.8 Å². The van der Waals surface area contributed by atoms with Gasteiger partial charge in [0.2, 0.25) is 5.95 Å². The number of aromatic amines is 1. The van der Waals surface area contributed by atoms with Crippen LogP contribution in [0.3, 0.4) is 0 Å². The van der Waals surface area contributed by atoms with Gasteiger partial charge in [0.1, 0.15) is 5.56 Å². The molecule has 2 N–H and O–H groups in total. The smallest absolute Gasteiger partial charge is 0.260 e. The maximum atomic E-state index is 12.5. The van der Waals surface area contributed by atoms with Gasteiger partial charge >= 0.3 is 0 Å². The summed E-state index contributed by atoms with van der Waals surface area (Å²) in [6.07, 6.45) is 4.43. The Bertz CT molecular complexity index is 910. The van der Waals surface area contributed by atoms with Gasteiger partial charge in [-0.1, -0.05) is 0 Å². The number of hydrogen-bond acceptors (Lipinski definition) is 6. The summed E-state index contributed by atoms with van der Waals surface area (Å²) >= 11 is 0. The fourth-order valence-electron chi connectivity index (χ4n) is 3.56. The van der Waals surface area contributed by atoms with Crippen LogP contribution in [-0.4, -0.2) is 46.6 Å². The molecule has 0 aromatic carbocycles. The molecule has 1 amide bonds. The zero-order valence-electron chi connectivity index (χ0n) is 15.3. The Morgan fingerprint density at radius 1 is 1.41 bits per heavy atom. The molecule has 8 heteroatoms. The van der Waals surface area contributed by atoms with Crippen LogP contribution in [0.15, 0.2) is 23.1 Å². The molecule has 0 spiro atoms. The van der Waals surface area contributed by atoms with Crippen molar-refractivity contribution in [1.82, 2.24) is 20.3 Å². The molecule has 142 valence electrons. The molecule has 0 aliphatic carbocycles.